The van der Waals surface area contributed by atoms with Gasteiger partial charge in [0.1, 0.15) is 17.7 Å². The van der Waals surface area contributed by atoms with Gasteiger partial charge >= 0.3 is 0 Å². The first-order valence-corrected chi connectivity index (χ1v) is 7.91. The van der Waals surface area contributed by atoms with Gasteiger partial charge in [0.25, 0.3) is 0 Å². The normalized spacial score (nSPS) is 26.1. The molecule has 2 N–H and O–H groups in total. The molecule has 3 atom stereocenters. The second kappa shape index (κ2) is 4.96. The molecule has 2 fully saturated rings. The summed E-state index contributed by atoms with van der Waals surface area (Å²) in [7, 11) is 0. The van der Waals surface area contributed by atoms with E-state index < -0.39 is 5.54 Å². The summed E-state index contributed by atoms with van der Waals surface area (Å²) in [4.78, 5) is 20.9. The van der Waals surface area contributed by atoms with Crippen molar-refractivity contribution in [2.75, 3.05) is 13.1 Å². The minimum atomic E-state index is -0.684. The maximum absolute atomic E-state index is 13.9. The summed E-state index contributed by atoms with van der Waals surface area (Å²) in [5.41, 5.74) is 0.239. The highest BCUT2D eigenvalue weighted by atomic mass is 19.1. The topological polar surface area (TPSA) is 66.9 Å². The number of rotatable bonds is 3. The van der Waals surface area contributed by atoms with Crippen LogP contribution in [0.4, 0.5) is 4.39 Å². The Morgan fingerprint density at radius 3 is 2.78 bits per heavy atom. The zero-order valence-electron chi connectivity index (χ0n) is 13.1. The summed E-state index contributed by atoms with van der Waals surface area (Å²) in [6.07, 6.45) is 1.35. The molecule has 1 aliphatic heterocycles. The molecule has 2 aromatic rings. The predicted molar refractivity (Wildman–Crippen MR) is 84.0 cm³/mol. The summed E-state index contributed by atoms with van der Waals surface area (Å²) < 4.78 is 13.9. The minimum absolute atomic E-state index is 0.0645. The lowest BCUT2D eigenvalue weighted by atomic mass is 9.95. The van der Waals surface area contributed by atoms with Crippen LogP contribution in [0.5, 0.6) is 0 Å². The van der Waals surface area contributed by atoms with Crippen LogP contribution in [-0.2, 0) is 10.3 Å². The molecule has 0 bridgehead atoms. The highest BCUT2D eigenvalue weighted by molar-refractivity contribution is 5.86. The van der Waals surface area contributed by atoms with E-state index in [1.165, 1.54) is 12.4 Å². The van der Waals surface area contributed by atoms with Crippen LogP contribution < -0.4 is 10.6 Å². The van der Waals surface area contributed by atoms with Crippen molar-refractivity contribution in [2.24, 2.45) is 17.8 Å². The van der Waals surface area contributed by atoms with Crippen molar-refractivity contribution in [2.45, 2.75) is 19.4 Å². The number of hydrogen-bond donors (Lipinski definition) is 2. The fourth-order valence-corrected chi connectivity index (χ4v) is 3.81. The van der Waals surface area contributed by atoms with E-state index in [9.17, 15) is 9.18 Å². The molecule has 1 aliphatic carbocycles. The van der Waals surface area contributed by atoms with Crippen LogP contribution >= 0.6 is 0 Å². The van der Waals surface area contributed by atoms with Crippen molar-refractivity contribution in [3.63, 3.8) is 0 Å². The number of para-hydroxylation sites is 1. The molecule has 2 heterocycles. The molecule has 0 spiro atoms. The second-order valence-corrected chi connectivity index (χ2v) is 6.98. The molecule has 23 heavy (non-hydrogen) atoms. The molecule has 0 radical (unpaired) electrons. The molecular weight excluding hydrogens is 295 g/mol. The van der Waals surface area contributed by atoms with Gasteiger partial charge in [-0.2, -0.15) is 0 Å². The Kier molecular flexibility index (Phi) is 3.13. The first kappa shape index (κ1) is 14.5. The average molecular weight is 314 g/mol. The van der Waals surface area contributed by atoms with E-state index in [0.717, 1.165) is 13.1 Å². The zero-order valence-corrected chi connectivity index (χ0v) is 13.1. The number of piperidine rings is 1. The van der Waals surface area contributed by atoms with Crippen molar-refractivity contribution in [3.05, 3.63) is 36.0 Å². The third kappa shape index (κ3) is 2.28. The van der Waals surface area contributed by atoms with Crippen LogP contribution in [0.1, 0.15) is 19.5 Å². The van der Waals surface area contributed by atoms with Crippen molar-refractivity contribution in [3.8, 4) is 0 Å². The number of carbonyl (C=O) groups is 1. The van der Waals surface area contributed by atoms with E-state index in [-0.39, 0.29) is 23.2 Å². The predicted octanol–water partition coefficient (Wildman–Crippen LogP) is 1.59. The number of benzene rings is 1. The van der Waals surface area contributed by atoms with Gasteiger partial charge < -0.3 is 10.6 Å². The molecule has 1 aromatic carbocycles. The van der Waals surface area contributed by atoms with Crippen molar-refractivity contribution < 1.29 is 9.18 Å². The summed E-state index contributed by atoms with van der Waals surface area (Å²) in [5, 5.41) is 7.02. The molecule has 4 rings (SSSR count). The Morgan fingerprint density at radius 1 is 1.30 bits per heavy atom. The lowest BCUT2D eigenvalue weighted by molar-refractivity contribution is -0.124. The monoisotopic (exact) mass is 314 g/mol. The fourth-order valence-electron chi connectivity index (χ4n) is 3.81. The van der Waals surface area contributed by atoms with E-state index >= 15 is 0 Å². The largest absolute Gasteiger partial charge is 0.345 e. The van der Waals surface area contributed by atoms with Crippen LogP contribution in [0.25, 0.3) is 10.9 Å². The third-order valence-electron chi connectivity index (χ3n) is 5.04. The Morgan fingerprint density at radius 2 is 2.04 bits per heavy atom. The standard InChI is InChI=1S/C17H19FN4O/c1-17(2,22-16(23)13-10-6-19-7-11(10)13)15-9-4-3-5-12(18)14(9)20-8-21-15/h3-5,8,10-11,13,19H,6-7H2,1-2H3,(H,22,23)/t10-,11?,13?/m0/s1. The molecule has 2 aliphatic rings. The second-order valence-electron chi connectivity index (χ2n) is 6.98. The molecule has 1 saturated heterocycles. The maximum atomic E-state index is 13.9. The quantitative estimate of drug-likeness (QED) is 0.903. The van der Waals surface area contributed by atoms with E-state index in [2.05, 4.69) is 20.6 Å². The van der Waals surface area contributed by atoms with Gasteiger partial charge in [0.2, 0.25) is 5.91 Å². The Bertz CT molecular complexity index is 781. The van der Waals surface area contributed by atoms with Gasteiger partial charge in [-0.05, 0) is 44.8 Å². The molecule has 120 valence electrons. The van der Waals surface area contributed by atoms with Crippen molar-refractivity contribution in [1.29, 1.82) is 0 Å². The molecule has 1 amide bonds. The number of halogens is 1. The minimum Gasteiger partial charge on any atom is -0.345 e. The summed E-state index contributed by atoms with van der Waals surface area (Å²) in [6.45, 7) is 5.64. The number of carbonyl (C=O) groups excluding carboxylic acids is 1. The lowest BCUT2D eigenvalue weighted by Gasteiger charge is -2.27. The number of hydrogen-bond acceptors (Lipinski definition) is 4. The Labute approximate surface area is 133 Å². The van der Waals surface area contributed by atoms with E-state index in [1.54, 1.807) is 12.1 Å². The van der Waals surface area contributed by atoms with E-state index in [1.807, 2.05) is 13.8 Å². The van der Waals surface area contributed by atoms with Gasteiger partial charge in [-0.3, -0.25) is 4.79 Å². The summed E-state index contributed by atoms with van der Waals surface area (Å²) >= 11 is 0. The number of nitrogens with one attached hydrogen (secondary N) is 2. The van der Waals surface area contributed by atoms with Gasteiger partial charge in [0.05, 0.1) is 11.2 Å². The Balaban J connectivity index is 1.63. The number of nitrogens with zero attached hydrogens (tertiary/aromatic N) is 2. The van der Waals surface area contributed by atoms with Crippen LogP contribution in [0.15, 0.2) is 24.5 Å². The van der Waals surface area contributed by atoms with Crippen LogP contribution in [0.2, 0.25) is 0 Å². The first-order valence-electron chi connectivity index (χ1n) is 7.91. The smallest absolute Gasteiger partial charge is 0.224 e. The molecule has 1 aromatic heterocycles. The first-order chi connectivity index (χ1) is 11.0. The number of fused-ring (bicyclic) bond motifs is 2. The molecule has 1 saturated carbocycles. The third-order valence-corrected chi connectivity index (χ3v) is 5.04. The molecule has 2 unspecified atom stereocenters. The zero-order chi connectivity index (χ0) is 16.2. The van der Waals surface area contributed by atoms with Crippen LogP contribution in [-0.4, -0.2) is 29.0 Å². The number of aromatic nitrogens is 2. The van der Waals surface area contributed by atoms with Crippen molar-refractivity contribution >= 4 is 16.8 Å². The average Bonchev–Trinajstić information content (AvgIpc) is 3.00. The number of amides is 1. The van der Waals surface area contributed by atoms with E-state index in [0.29, 0.717) is 22.9 Å². The van der Waals surface area contributed by atoms with E-state index in [4.69, 9.17) is 0 Å². The molecular formula is C17H19FN4O. The van der Waals surface area contributed by atoms with Gasteiger partial charge in [-0.25, -0.2) is 14.4 Å². The van der Waals surface area contributed by atoms with Gasteiger partial charge in [0.15, 0.2) is 0 Å². The van der Waals surface area contributed by atoms with Gasteiger partial charge in [0, 0.05) is 11.3 Å². The summed E-state index contributed by atoms with van der Waals surface area (Å²) in [6, 6.07) is 4.81. The summed E-state index contributed by atoms with van der Waals surface area (Å²) in [5.74, 6) is 0.710. The van der Waals surface area contributed by atoms with Gasteiger partial charge in [-0.1, -0.05) is 12.1 Å². The maximum Gasteiger partial charge on any atom is 0.224 e. The fraction of sp³-hybridized carbons (Fsp3) is 0.471. The Hall–Kier alpha value is -2.08. The van der Waals surface area contributed by atoms with Crippen molar-refractivity contribution in [1.82, 2.24) is 20.6 Å². The lowest BCUT2D eigenvalue weighted by Crippen LogP contribution is -2.43. The van der Waals surface area contributed by atoms with Crippen LogP contribution in [0, 0.1) is 23.6 Å². The SMILES string of the molecule is CC(C)(NC(=O)C1C2CNC[C@@H]21)c1ncnc2c(F)cccc12. The highest BCUT2D eigenvalue weighted by Crippen LogP contribution is 2.49. The molecule has 6 heteroatoms. The molecule has 5 nitrogen and oxygen atoms in total. The van der Waals surface area contributed by atoms with Gasteiger partial charge in [-0.15, -0.1) is 0 Å². The van der Waals surface area contributed by atoms with Crippen LogP contribution in [0.3, 0.4) is 0 Å². The highest BCUT2D eigenvalue weighted by Gasteiger charge is 2.57.